The molecular formula is C20H22ClN3O3. The molecule has 2 aromatic rings. The third-order valence-corrected chi connectivity index (χ3v) is 6.11. The van der Waals surface area contributed by atoms with Gasteiger partial charge in [0.05, 0.1) is 30.2 Å². The third-order valence-electron chi connectivity index (χ3n) is 5.76. The number of ether oxygens (including phenoxy) is 1. The Morgan fingerprint density at radius 1 is 1.15 bits per heavy atom. The lowest BCUT2D eigenvalue weighted by Crippen LogP contribution is -2.28. The van der Waals surface area contributed by atoms with Gasteiger partial charge in [-0.25, -0.2) is 4.79 Å². The number of fused-ring (bicyclic) bond motifs is 1. The molecule has 7 heteroatoms. The van der Waals surface area contributed by atoms with Gasteiger partial charge in [-0.2, -0.15) is 9.78 Å². The second kappa shape index (κ2) is 7.35. The Morgan fingerprint density at radius 3 is 2.48 bits per heavy atom. The predicted octanol–water partition coefficient (Wildman–Crippen LogP) is 3.30. The maximum Gasteiger partial charge on any atom is 0.340 e. The van der Waals surface area contributed by atoms with Crippen molar-refractivity contribution in [2.75, 3.05) is 25.1 Å². The van der Waals surface area contributed by atoms with Crippen LogP contribution in [0.25, 0.3) is 5.69 Å². The van der Waals surface area contributed by atoms with Gasteiger partial charge in [0.2, 0.25) is 0 Å². The van der Waals surface area contributed by atoms with E-state index in [1.54, 1.807) is 30.5 Å². The molecule has 142 valence electrons. The van der Waals surface area contributed by atoms with E-state index in [9.17, 15) is 9.59 Å². The molecule has 2 heterocycles. The molecule has 1 aliphatic carbocycles. The Hall–Kier alpha value is -2.34. The average Bonchev–Trinajstić information content (AvgIpc) is 3.13. The molecule has 0 N–H and O–H groups in total. The highest BCUT2D eigenvalue weighted by molar-refractivity contribution is 6.33. The normalized spacial score (nSPS) is 21.8. The van der Waals surface area contributed by atoms with Gasteiger partial charge in [-0.3, -0.25) is 4.79 Å². The molecule has 6 nitrogen and oxygen atoms in total. The van der Waals surface area contributed by atoms with Crippen LogP contribution < -0.4 is 10.5 Å². The molecule has 1 aromatic carbocycles. The van der Waals surface area contributed by atoms with E-state index in [-0.39, 0.29) is 10.6 Å². The number of anilines is 1. The number of aromatic nitrogens is 2. The molecule has 27 heavy (non-hydrogen) atoms. The van der Waals surface area contributed by atoms with Crippen molar-refractivity contribution in [2.24, 2.45) is 11.8 Å². The summed E-state index contributed by atoms with van der Waals surface area (Å²) in [6, 6.07) is 6.70. The quantitative estimate of drug-likeness (QED) is 0.756. The van der Waals surface area contributed by atoms with Crippen LogP contribution in [0.15, 0.2) is 35.3 Å². The van der Waals surface area contributed by atoms with Gasteiger partial charge in [0.25, 0.3) is 5.56 Å². The molecule has 2 unspecified atom stereocenters. The van der Waals surface area contributed by atoms with Crippen molar-refractivity contribution >= 4 is 23.3 Å². The maximum absolute atomic E-state index is 12.9. The van der Waals surface area contributed by atoms with E-state index in [0.717, 1.165) is 13.1 Å². The van der Waals surface area contributed by atoms with Crippen LogP contribution in [0.3, 0.4) is 0 Å². The lowest BCUT2D eigenvalue weighted by Gasteiger charge is -2.22. The van der Waals surface area contributed by atoms with Crippen molar-refractivity contribution in [1.29, 1.82) is 0 Å². The number of halogens is 1. The summed E-state index contributed by atoms with van der Waals surface area (Å²) >= 11 is 6.46. The molecule has 1 aromatic heterocycles. The Balaban J connectivity index is 1.70. The highest BCUT2D eigenvalue weighted by Gasteiger charge is 2.35. The lowest BCUT2D eigenvalue weighted by molar-refractivity contribution is 0.0600. The van der Waals surface area contributed by atoms with E-state index in [1.165, 1.54) is 37.5 Å². The number of rotatable bonds is 3. The second-order valence-corrected chi connectivity index (χ2v) is 7.66. The van der Waals surface area contributed by atoms with Gasteiger partial charge in [0.1, 0.15) is 5.02 Å². The minimum Gasteiger partial charge on any atom is -0.465 e. The molecule has 2 fully saturated rings. The Kier molecular flexibility index (Phi) is 4.91. The predicted molar refractivity (Wildman–Crippen MR) is 104 cm³/mol. The smallest absolute Gasteiger partial charge is 0.340 e. The summed E-state index contributed by atoms with van der Waals surface area (Å²) in [7, 11) is 1.30. The van der Waals surface area contributed by atoms with Gasteiger partial charge >= 0.3 is 5.97 Å². The molecule has 0 amide bonds. The first-order chi connectivity index (χ1) is 13.1. The molecule has 1 saturated heterocycles. The second-order valence-electron chi connectivity index (χ2n) is 7.28. The van der Waals surface area contributed by atoms with Crippen molar-refractivity contribution in [3.63, 3.8) is 0 Å². The van der Waals surface area contributed by atoms with Gasteiger partial charge in [0.15, 0.2) is 0 Å². The van der Waals surface area contributed by atoms with Gasteiger partial charge in [-0.1, -0.05) is 36.6 Å². The monoisotopic (exact) mass is 387 g/mol. The molecule has 2 aliphatic rings. The Morgan fingerprint density at radius 2 is 1.81 bits per heavy atom. The van der Waals surface area contributed by atoms with Crippen molar-refractivity contribution in [1.82, 2.24) is 9.78 Å². The first-order valence-corrected chi connectivity index (χ1v) is 9.68. The Labute approximate surface area is 162 Å². The van der Waals surface area contributed by atoms with Crippen molar-refractivity contribution in [3.8, 4) is 5.69 Å². The van der Waals surface area contributed by atoms with Crippen LogP contribution >= 0.6 is 11.6 Å². The van der Waals surface area contributed by atoms with Gasteiger partial charge < -0.3 is 9.64 Å². The Bertz CT molecular complexity index is 913. The van der Waals surface area contributed by atoms with Crippen LogP contribution in [0.1, 0.15) is 36.0 Å². The topological polar surface area (TPSA) is 64.4 Å². The third kappa shape index (κ3) is 3.23. The highest BCUT2D eigenvalue weighted by Crippen LogP contribution is 2.39. The maximum atomic E-state index is 12.9. The number of para-hydroxylation sites is 1. The number of carbonyl (C=O) groups excluding carboxylic acids is 1. The van der Waals surface area contributed by atoms with Gasteiger partial charge in [-0.15, -0.1) is 0 Å². The van der Waals surface area contributed by atoms with Gasteiger partial charge in [-0.05, 0) is 36.8 Å². The molecule has 0 spiro atoms. The summed E-state index contributed by atoms with van der Waals surface area (Å²) in [5.41, 5.74) is 0.881. The SMILES string of the molecule is COC(=O)c1ccccc1-n1ncc(N2CC3CCCCC3C2)c(Cl)c1=O. The van der Waals surface area contributed by atoms with Gasteiger partial charge in [0, 0.05) is 13.1 Å². The summed E-state index contributed by atoms with van der Waals surface area (Å²) in [5, 5.41) is 4.46. The number of esters is 1. The van der Waals surface area contributed by atoms with Crippen LogP contribution in [0.2, 0.25) is 5.02 Å². The molecule has 1 aliphatic heterocycles. The molecule has 4 rings (SSSR count). The van der Waals surface area contributed by atoms with Crippen LogP contribution in [0.4, 0.5) is 5.69 Å². The summed E-state index contributed by atoms with van der Waals surface area (Å²) in [6.45, 7) is 1.85. The van der Waals surface area contributed by atoms with E-state index in [4.69, 9.17) is 16.3 Å². The summed E-state index contributed by atoms with van der Waals surface area (Å²) in [5.74, 6) is 0.831. The zero-order valence-electron chi connectivity index (χ0n) is 15.2. The van der Waals surface area contributed by atoms with E-state index in [2.05, 4.69) is 10.00 Å². The standard InChI is InChI=1S/C20H22ClN3O3/c1-27-20(26)15-8-4-5-9-16(15)24-19(25)18(21)17(10-22-24)23-11-13-6-2-3-7-14(13)12-23/h4-5,8-10,13-14H,2-3,6-7,11-12H2,1H3. The minimum absolute atomic E-state index is 0.142. The van der Waals surface area contributed by atoms with E-state index in [0.29, 0.717) is 23.2 Å². The number of methoxy groups -OCH3 is 1. The van der Waals surface area contributed by atoms with Crippen LogP contribution in [-0.2, 0) is 4.74 Å². The van der Waals surface area contributed by atoms with E-state index < -0.39 is 11.5 Å². The number of carbonyl (C=O) groups is 1. The van der Waals surface area contributed by atoms with E-state index >= 15 is 0 Å². The fourth-order valence-electron chi connectivity index (χ4n) is 4.36. The molecule has 0 bridgehead atoms. The van der Waals surface area contributed by atoms with Crippen molar-refractivity contribution in [3.05, 3.63) is 51.4 Å². The number of nitrogens with zero attached hydrogens (tertiary/aromatic N) is 3. The van der Waals surface area contributed by atoms with Crippen molar-refractivity contribution in [2.45, 2.75) is 25.7 Å². The molecule has 2 atom stereocenters. The molecular weight excluding hydrogens is 366 g/mol. The zero-order valence-corrected chi connectivity index (χ0v) is 16.0. The largest absolute Gasteiger partial charge is 0.465 e. The van der Waals surface area contributed by atoms with Crippen LogP contribution in [0.5, 0.6) is 0 Å². The number of hydrogen-bond acceptors (Lipinski definition) is 5. The average molecular weight is 388 g/mol. The fraction of sp³-hybridized carbons (Fsp3) is 0.450. The van der Waals surface area contributed by atoms with Crippen LogP contribution in [0, 0.1) is 11.8 Å². The summed E-state index contributed by atoms with van der Waals surface area (Å²) < 4.78 is 5.97. The molecule has 1 saturated carbocycles. The first kappa shape index (κ1) is 18.0. The lowest BCUT2D eigenvalue weighted by atomic mass is 9.82. The molecule has 0 radical (unpaired) electrons. The van der Waals surface area contributed by atoms with Crippen molar-refractivity contribution < 1.29 is 9.53 Å². The summed E-state index contributed by atoms with van der Waals surface area (Å²) in [4.78, 5) is 27.1. The van der Waals surface area contributed by atoms with E-state index in [1.807, 2.05) is 0 Å². The fourth-order valence-corrected chi connectivity index (χ4v) is 4.61. The minimum atomic E-state index is -0.525. The number of benzene rings is 1. The van der Waals surface area contributed by atoms with Crippen LogP contribution in [-0.4, -0.2) is 35.9 Å². The number of hydrogen-bond donors (Lipinski definition) is 0. The zero-order chi connectivity index (χ0) is 19.0. The summed E-state index contributed by atoms with van der Waals surface area (Å²) in [6.07, 6.45) is 6.69. The first-order valence-electron chi connectivity index (χ1n) is 9.30. The highest BCUT2D eigenvalue weighted by atomic mass is 35.5.